The number of carbonyl (C=O) groups is 3. The minimum atomic E-state index is -0.565. The number of piperidine rings is 2. The zero-order valence-electron chi connectivity index (χ0n) is 17.3. The van der Waals surface area contributed by atoms with Gasteiger partial charge in [0.25, 0.3) is 5.91 Å². The van der Waals surface area contributed by atoms with Crippen molar-refractivity contribution in [1.82, 2.24) is 25.1 Å². The maximum atomic E-state index is 12.9. The average Bonchev–Trinajstić information content (AvgIpc) is 3.10. The number of likely N-dealkylation sites (tertiary alicyclic amines) is 1. The molecule has 3 amide bonds. The van der Waals surface area contributed by atoms with Crippen LogP contribution in [0.3, 0.4) is 0 Å². The van der Waals surface area contributed by atoms with Gasteiger partial charge in [-0.3, -0.25) is 24.6 Å². The van der Waals surface area contributed by atoms with Gasteiger partial charge in [0.05, 0.1) is 6.54 Å². The van der Waals surface area contributed by atoms with Gasteiger partial charge in [-0.25, -0.2) is 9.97 Å². The Bertz CT molecular complexity index is 1020. The Hall–Kier alpha value is -3.13. The van der Waals surface area contributed by atoms with E-state index < -0.39 is 6.04 Å². The molecule has 8 nitrogen and oxygen atoms in total. The number of carbonyl (C=O) groups excluding carboxylic acids is 3. The second-order valence-electron chi connectivity index (χ2n) is 8.53. The van der Waals surface area contributed by atoms with Crippen LogP contribution < -0.4 is 5.32 Å². The number of rotatable bonds is 4. The molecule has 0 aliphatic carbocycles. The molecule has 1 unspecified atom stereocenters. The molecule has 0 radical (unpaired) electrons. The molecule has 0 saturated carbocycles. The Labute approximate surface area is 180 Å². The van der Waals surface area contributed by atoms with E-state index in [1.54, 1.807) is 17.3 Å². The van der Waals surface area contributed by atoms with Gasteiger partial charge >= 0.3 is 0 Å². The first-order valence-electron chi connectivity index (χ1n) is 10.8. The number of aromatic nitrogens is 2. The fourth-order valence-electron chi connectivity index (χ4n) is 4.88. The molecule has 160 valence electrons. The van der Waals surface area contributed by atoms with Crippen LogP contribution in [-0.2, 0) is 22.7 Å². The average molecular weight is 419 g/mol. The van der Waals surface area contributed by atoms with E-state index in [2.05, 4.69) is 32.3 Å². The van der Waals surface area contributed by atoms with E-state index in [0.717, 1.165) is 43.9 Å². The van der Waals surface area contributed by atoms with Crippen LogP contribution in [0.4, 0.5) is 0 Å². The Kier molecular flexibility index (Phi) is 5.23. The summed E-state index contributed by atoms with van der Waals surface area (Å²) in [4.78, 5) is 49.2. The van der Waals surface area contributed by atoms with Crippen LogP contribution >= 0.6 is 0 Å². The van der Waals surface area contributed by atoms with E-state index in [0.29, 0.717) is 24.4 Å². The number of hydrogen-bond acceptors (Lipinski definition) is 6. The van der Waals surface area contributed by atoms with Crippen LogP contribution in [0.2, 0.25) is 0 Å². The van der Waals surface area contributed by atoms with E-state index in [9.17, 15) is 14.4 Å². The van der Waals surface area contributed by atoms with Gasteiger partial charge in [0.2, 0.25) is 11.8 Å². The van der Waals surface area contributed by atoms with Gasteiger partial charge in [0, 0.05) is 30.9 Å². The van der Waals surface area contributed by atoms with Crippen LogP contribution in [0, 0.1) is 0 Å². The molecule has 2 saturated heterocycles. The number of imide groups is 1. The molecule has 3 aliphatic rings. The predicted octanol–water partition coefficient (Wildman–Crippen LogP) is 1.62. The summed E-state index contributed by atoms with van der Waals surface area (Å²) in [6.45, 7) is 3.17. The number of nitrogens with one attached hydrogen (secondary N) is 1. The van der Waals surface area contributed by atoms with Crippen molar-refractivity contribution in [2.24, 2.45) is 0 Å². The van der Waals surface area contributed by atoms with Crippen LogP contribution in [-0.4, -0.2) is 56.6 Å². The summed E-state index contributed by atoms with van der Waals surface area (Å²) >= 11 is 0. The molecule has 3 aliphatic heterocycles. The highest BCUT2D eigenvalue weighted by Crippen LogP contribution is 2.33. The molecular weight excluding hydrogens is 394 g/mol. The maximum Gasteiger partial charge on any atom is 0.255 e. The van der Waals surface area contributed by atoms with E-state index in [1.807, 2.05) is 12.1 Å². The molecule has 2 aromatic rings. The second kappa shape index (κ2) is 8.19. The van der Waals surface area contributed by atoms with E-state index in [1.165, 1.54) is 5.56 Å². The van der Waals surface area contributed by atoms with Crippen molar-refractivity contribution < 1.29 is 14.4 Å². The number of fused-ring (bicyclic) bond motifs is 1. The minimum absolute atomic E-state index is 0.117. The fraction of sp³-hybridized carbons (Fsp3) is 0.435. The molecule has 2 fully saturated rings. The van der Waals surface area contributed by atoms with Crippen LogP contribution in [0.25, 0.3) is 0 Å². The third-order valence-electron chi connectivity index (χ3n) is 6.59. The van der Waals surface area contributed by atoms with Crippen molar-refractivity contribution in [1.29, 1.82) is 0 Å². The highest BCUT2D eigenvalue weighted by Gasteiger charge is 2.39. The molecule has 1 aromatic carbocycles. The standard InChI is InChI=1S/C23H25N5O3/c29-21-5-4-19(22(30)26-21)28-13-17-12-16(2-3-18(17)23(28)31)15-6-10-27(11-7-15)14-20-24-8-1-9-25-20/h1-3,8-9,12,15,19H,4-7,10-11,13-14H2,(H,26,29,30). The Balaban J connectivity index is 1.24. The normalized spacial score (nSPS) is 22.5. The molecule has 8 heteroatoms. The summed E-state index contributed by atoms with van der Waals surface area (Å²) in [5.41, 5.74) is 2.91. The zero-order chi connectivity index (χ0) is 21.4. The van der Waals surface area contributed by atoms with E-state index in [-0.39, 0.29) is 24.1 Å². The largest absolute Gasteiger partial charge is 0.322 e. The zero-order valence-corrected chi connectivity index (χ0v) is 17.3. The second-order valence-corrected chi connectivity index (χ2v) is 8.53. The highest BCUT2D eigenvalue weighted by molar-refractivity contribution is 6.05. The topological polar surface area (TPSA) is 95.5 Å². The summed E-state index contributed by atoms with van der Waals surface area (Å²) in [6.07, 6.45) is 6.32. The van der Waals surface area contributed by atoms with E-state index in [4.69, 9.17) is 0 Å². The fourth-order valence-corrected chi connectivity index (χ4v) is 4.88. The summed E-state index contributed by atoms with van der Waals surface area (Å²) in [5, 5.41) is 2.35. The number of nitrogens with zero attached hydrogens (tertiary/aromatic N) is 4. The van der Waals surface area contributed by atoms with Crippen molar-refractivity contribution in [2.45, 2.75) is 50.7 Å². The molecule has 5 rings (SSSR count). The first kappa shape index (κ1) is 19.8. The monoisotopic (exact) mass is 419 g/mol. The van der Waals surface area contributed by atoms with Gasteiger partial charge < -0.3 is 4.90 Å². The quantitative estimate of drug-likeness (QED) is 0.757. The lowest BCUT2D eigenvalue weighted by Crippen LogP contribution is -2.52. The van der Waals surface area contributed by atoms with Crippen LogP contribution in [0.15, 0.2) is 36.7 Å². The summed E-state index contributed by atoms with van der Waals surface area (Å²) in [6, 6.07) is 7.37. The molecule has 1 atom stereocenters. The third kappa shape index (κ3) is 3.95. The van der Waals surface area contributed by atoms with Gasteiger partial charge in [-0.15, -0.1) is 0 Å². The smallest absolute Gasteiger partial charge is 0.255 e. The van der Waals surface area contributed by atoms with Crippen molar-refractivity contribution >= 4 is 17.7 Å². The first-order valence-corrected chi connectivity index (χ1v) is 10.8. The molecule has 1 N–H and O–H groups in total. The lowest BCUT2D eigenvalue weighted by atomic mass is 9.88. The lowest BCUT2D eigenvalue weighted by molar-refractivity contribution is -0.136. The molecule has 4 heterocycles. The molecule has 0 spiro atoms. The Morgan fingerprint density at radius 1 is 1.03 bits per heavy atom. The van der Waals surface area contributed by atoms with Crippen molar-refractivity contribution in [2.75, 3.05) is 13.1 Å². The van der Waals surface area contributed by atoms with Gasteiger partial charge in [-0.2, -0.15) is 0 Å². The van der Waals surface area contributed by atoms with Crippen LogP contribution in [0.5, 0.6) is 0 Å². The molecule has 31 heavy (non-hydrogen) atoms. The molecular formula is C23H25N5O3. The molecule has 0 bridgehead atoms. The summed E-state index contributed by atoms with van der Waals surface area (Å²) < 4.78 is 0. The van der Waals surface area contributed by atoms with Crippen molar-refractivity contribution in [3.63, 3.8) is 0 Å². The maximum absolute atomic E-state index is 12.9. The lowest BCUT2D eigenvalue weighted by Gasteiger charge is -2.31. The van der Waals surface area contributed by atoms with Crippen molar-refractivity contribution in [3.05, 3.63) is 59.2 Å². The van der Waals surface area contributed by atoms with Gasteiger partial charge in [-0.05, 0) is 61.5 Å². The van der Waals surface area contributed by atoms with Gasteiger partial charge in [0.15, 0.2) is 0 Å². The summed E-state index contributed by atoms with van der Waals surface area (Å²) in [5.74, 6) is 0.558. The highest BCUT2D eigenvalue weighted by atomic mass is 16.2. The Morgan fingerprint density at radius 3 is 2.55 bits per heavy atom. The molecule has 1 aromatic heterocycles. The SMILES string of the molecule is O=C1CCC(N2Cc3cc(C4CCN(Cc5ncccn5)CC4)ccc3C2=O)C(=O)N1. The van der Waals surface area contributed by atoms with E-state index >= 15 is 0 Å². The number of hydrogen-bond donors (Lipinski definition) is 1. The van der Waals surface area contributed by atoms with Crippen molar-refractivity contribution in [3.8, 4) is 0 Å². The van der Waals surface area contributed by atoms with Gasteiger partial charge in [-0.1, -0.05) is 12.1 Å². The first-order chi connectivity index (χ1) is 15.1. The third-order valence-corrected chi connectivity index (χ3v) is 6.59. The number of benzene rings is 1. The number of amides is 3. The predicted molar refractivity (Wildman–Crippen MR) is 112 cm³/mol. The van der Waals surface area contributed by atoms with Gasteiger partial charge in [0.1, 0.15) is 11.9 Å². The minimum Gasteiger partial charge on any atom is -0.322 e. The summed E-state index contributed by atoms with van der Waals surface area (Å²) in [7, 11) is 0. The van der Waals surface area contributed by atoms with Crippen LogP contribution in [0.1, 0.15) is 58.9 Å². The Morgan fingerprint density at radius 2 is 1.81 bits per heavy atom.